The van der Waals surface area contributed by atoms with Crippen LogP contribution in [0.25, 0.3) is 11.0 Å². The average molecular weight is 178 g/mol. The standard InChI is InChI=1S/C7H6N2.CH4N2O/c1-2-4-7-6(3-1)8-5-9-7;2-1(3)4/h1-5H,(H,8,9);(H4,2,3,4). The van der Waals surface area contributed by atoms with Crippen LogP contribution in [0.3, 0.4) is 0 Å². The van der Waals surface area contributed by atoms with E-state index in [1.54, 1.807) is 6.33 Å². The monoisotopic (exact) mass is 178 g/mol. The van der Waals surface area contributed by atoms with E-state index in [2.05, 4.69) is 21.4 Å². The van der Waals surface area contributed by atoms with Crippen molar-refractivity contribution < 1.29 is 4.79 Å². The molecule has 0 aliphatic rings. The first-order chi connectivity index (χ1) is 6.20. The van der Waals surface area contributed by atoms with E-state index in [0.717, 1.165) is 11.0 Å². The number of fused-ring (bicyclic) bond motifs is 1. The zero-order chi connectivity index (χ0) is 9.68. The number of benzene rings is 1. The van der Waals surface area contributed by atoms with E-state index in [1.165, 1.54) is 0 Å². The van der Waals surface area contributed by atoms with Crippen LogP contribution in [0.1, 0.15) is 0 Å². The van der Waals surface area contributed by atoms with Crippen LogP contribution >= 0.6 is 0 Å². The molecule has 1 aromatic heterocycles. The molecular weight excluding hydrogens is 168 g/mol. The second-order valence-corrected chi connectivity index (χ2v) is 2.32. The van der Waals surface area contributed by atoms with E-state index < -0.39 is 6.03 Å². The van der Waals surface area contributed by atoms with Gasteiger partial charge in [-0.3, -0.25) is 0 Å². The first kappa shape index (κ1) is 9.05. The Kier molecular flexibility index (Phi) is 2.86. The molecule has 5 N–H and O–H groups in total. The molecule has 0 radical (unpaired) electrons. The number of rotatable bonds is 0. The van der Waals surface area contributed by atoms with Crippen molar-refractivity contribution in [1.29, 1.82) is 0 Å². The van der Waals surface area contributed by atoms with Crippen molar-refractivity contribution in [3.05, 3.63) is 30.6 Å². The lowest BCUT2D eigenvalue weighted by atomic mass is 10.3. The van der Waals surface area contributed by atoms with E-state index in [4.69, 9.17) is 4.79 Å². The molecule has 0 saturated carbocycles. The van der Waals surface area contributed by atoms with Crippen molar-refractivity contribution in [1.82, 2.24) is 9.97 Å². The molecule has 0 unspecified atom stereocenters. The van der Waals surface area contributed by atoms with Gasteiger partial charge in [-0.2, -0.15) is 0 Å². The van der Waals surface area contributed by atoms with Gasteiger partial charge in [-0.1, -0.05) is 12.1 Å². The third-order valence-corrected chi connectivity index (χ3v) is 1.33. The number of hydrogen-bond donors (Lipinski definition) is 3. The van der Waals surface area contributed by atoms with Crippen LogP contribution in [-0.4, -0.2) is 16.0 Å². The SMILES string of the molecule is NC(N)=O.c1ccc2[nH]cnc2c1. The van der Waals surface area contributed by atoms with Gasteiger partial charge in [0.1, 0.15) is 0 Å². The van der Waals surface area contributed by atoms with Gasteiger partial charge in [0.2, 0.25) is 0 Å². The Labute approximate surface area is 74.8 Å². The highest BCUT2D eigenvalue weighted by molar-refractivity contribution is 5.73. The number of para-hydroxylation sites is 2. The Morgan fingerprint density at radius 1 is 1.31 bits per heavy atom. The molecule has 0 spiro atoms. The summed E-state index contributed by atoms with van der Waals surface area (Å²) in [6.07, 6.45) is 1.70. The number of nitrogens with one attached hydrogen (secondary N) is 1. The fourth-order valence-electron chi connectivity index (χ4n) is 0.880. The predicted molar refractivity (Wildman–Crippen MR) is 49.9 cm³/mol. The second-order valence-electron chi connectivity index (χ2n) is 2.32. The molecule has 2 rings (SSSR count). The molecule has 2 amide bonds. The van der Waals surface area contributed by atoms with Gasteiger partial charge >= 0.3 is 6.03 Å². The Morgan fingerprint density at radius 3 is 2.54 bits per heavy atom. The number of aromatic amines is 1. The van der Waals surface area contributed by atoms with E-state index in [9.17, 15) is 0 Å². The Bertz CT molecular complexity index is 361. The lowest BCUT2D eigenvalue weighted by Gasteiger charge is -1.81. The van der Waals surface area contributed by atoms with Gasteiger partial charge in [-0.05, 0) is 12.1 Å². The average Bonchev–Trinajstić information content (AvgIpc) is 2.49. The molecular formula is C8H10N4O. The van der Waals surface area contributed by atoms with Gasteiger partial charge in [0, 0.05) is 0 Å². The number of nitrogens with two attached hydrogens (primary N) is 2. The van der Waals surface area contributed by atoms with Gasteiger partial charge in [-0.25, -0.2) is 9.78 Å². The maximum atomic E-state index is 9.00. The van der Waals surface area contributed by atoms with E-state index in [-0.39, 0.29) is 0 Å². The highest BCUT2D eigenvalue weighted by Gasteiger charge is 1.88. The van der Waals surface area contributed by atoms with Crippen molar-refractivity contribution in [3.8, 4) is 0 Å². The molecule has 0 aliphatic carbocycles. The maximum Gasteiger partial charge on any atom is 0.309 e. The van der Waals surface area contributed by atoms with Crippen LogP contribution in [-0.2, 0) is 0 Å². The zero-order valence-corrected chi connectivity index (χ0v) is 6.90. The van der Waals surface area contributed by atoms with E-state index in [0.29, 0.717) is 0 Å². The third kappa shape index (κ3) is 2.82. The van der Waals surface area contributed by atoms with Crippen LogP contribution in [0, 0.1) is 0 Å². The van der Waals surface area contributed by atoms with Gasteiger partial charge in [-0.15, -0.1) is 0 Å². The molecule has 2 aromatic rings. The molecule has 1 heterocycles. The van der Waals surface area contributed by atoms with Gasteiger partial charge < -0.3 is 16.5 Å². The molecule has 13 heavy (non-hydrogen) atoms. The van der Waals surface area contributed by atoms with Crippen molar-refractivity contribution >= 4 is 17.1 Å². The fourth-order valence-corrected chi connectivity index (χ4v) is 0.880. The minimum atomic E-state index is -0.833. The number of carbonyl (C=O) groups excluding carboxylic acids is 1. The molecule has 0 fully saturated rings. The maximum absolute atomic E-state index is 9.00. The summed E-state index contributed by atoms with van der Waals surface area (Å²) in [6.45, 7) is 0. The number of aromatic nitrogens is 2. The van der Waals surface area contributed by atoms with Crippen LogP contribution < -0.4 is 11.5 Å². The molecule has 5 heteroatoms. The summed E-state index contributed by atoms with van der Waals surface area (Å²) in [7, 11) is 0. The van der Waals surface area contributed by atoms with Gasteiger partial charge in [0.25, 0.3) is 0 Å². The van der Waals surface area contributed by atoms with Gasteiger partial charge in [0.05, 0.1) is 17.4 Å². The largest absolute Gasteiger partial charge is 0.352 e. The van der Waals surface area contributed by atoms with E-state index in [1.807, 2.05) is 24.3 Å². The number of amides is 2. The summed E-state index contributed by atoms with van der Waals surface area (Å²) in [6, 6.07) is 7.11. The van der Waals surface area contributed by atoms with E-state index >= 15 is 0 Å². The number of imidazole rings is 1. The first-order valence-corrected chi connectivity index (χ1v) is 3.63. The highest BCUT2D eigenvalue weighted by Crippen LogP contribution is 2.05. The Hall–Kier alpha value is -2.04. The topological polar surface area (TPSA) is 97.8 Å². The van der Waals surface area contributed by atoms with Crippen molar-refractivity contribution in [2.45, 2.75) is 0 Å². The minimum absolute atomic E-state index is 0.833. The minimum Gasteiger partial charge on any atom is -0.352 e. The second kappa shape index (κ2) is 4.10. The van der Waals surface area contributed by atoms with Crippen molar-refractivity contribution in [2.24, 2.45) is 11.5 Å². The highest BCUT2D eigenvalue weighted by atomic mass is 16.2. The smallest absolute Gasteiger partial charge is 0.309 e. The summed E-state index contributed by atoms with van der Waals surface area (Å²) in [5, 5.41) is 0. The fraction of sp³-hybridized carbons (Fsp3) is 0. The number of primary amides is 2. The van der Waals surface area contributed by atoms with Crippen LogP contribution in [0.5, 0.6) is 0 Å². The Morgan fingerprint density at radius 2 is 1.92 bits per heavy atom. The lowest BCUT2D eigenvalue weighted by Crippen LogP contribution is -2.18. The first-order valence-electron chi connectivity index (χ1n) is 3.63. The Balaban J connectivity index is 0.000000184. The number of carbonyl (C=O) groups is 1. The summed E-state index contributed by atoms with van der Waals surface area (Å²) < 4.78 is 0. The molecule has 0 atom stereocenters. The molecule has 0 bridgehead atoms. The molecule has 0 aliphatic heterocycles. The van der Waals surface area contributed by atoms with Crippen LogP contribution in [0.4, 0.5) is 4.79 Å². The number of hydrogen-bond acceptors (Lipinski definition) is 2. The summed E-state index contributed by atoms with van der Waals surface area (Å²) >= 11 is 0. The predicted octanol–water partition coefficient (Wildman–Crippen LogP) is 0.587. The molecule has 0 saturated heterocycles. The normalized spacial score (nSPS) is 8.92. The molecule has 5 nitrogen and oxygen atoms in total. The van der Waals surface area contributed by atoms with Crippen molar-refractivity contribution in [3.63, 3.8) is 0 Å². The summed E-state index contributed by atoms with van der Waals surface area (Å²) in [5.41, 5.74) is 10.6. The third-order valence-electron chi connectivity index (χ3n) is 1.33. The van der Waals surface area contributed by atoms with Gasteiger partial charge in [0.15, 0.2) is 0 Å². The van der Waals surface area contributed by atoms with Crippen LogP contribution in [0.2, 0.25) is 0 Å². The lowest BCUT2D eigenvalue weighted by molar-refractivity contribution is 0.256. The number of H-pyrrole nitrogens is 1. The molecule has 1 aromatic carbocycles. The molecule has 68 valence electrons. The summed E-state index contributed by atoms with van der Waals surface area (Å²) in [5.74, 6) is 0. The summed E-state index contributed by atoms with van der Waals surface area (Å²) in [4.78, 5) is 16.1. The van der Waals surface area contributed by atoms with Crippen LogP contribution in [0.15, 0.2) is 30.6 Å². The quantitative estimate of drug-likeness (QED) is 0.550. The van der Waals surface area contributed by atoms with Crippen molar-refractivity contribution in [2.75, 3.05) is 0 Å². The number of nitrogens with zero attached hydrogens (tertiary/aromatic N) is 1. The zero-order valence-electron chi connectivity index (χ0n) is 6.90. The number of urea groups is 1.